The number of rotatable bonds is 4. The molecular weight excluding hydrogens is 304 g/mol. The van der Waals surface area contributed by atoms with Crippen LogP contribution in [0.3, 0.4) is 0 Å². The van der Waals surface area contributed by atoms with Crippen LogP contribution >= 0.6 is 0 Å². The summed E-state index contributed by atoms with van der Waals surface area (Å²) in [7, 11) is 0. The van der Waals surface area contributed by atoms with Crippen molar-refractivity contribution in [2.75, 3.05) is 0 Å². The van der Waals surface area contributed by atoms with Gasteiger partial charge < -0.3 is 9.15 Å². The van der Waals surface area contributed by atoms with Gasteiger partial charge in [-0.2, -0.15) is 0 Å². The molecule has 0 atom stereocenters. The maximum absolute atomic E-state index is 11.8. The number of carbonyl (C=O) groups excluding carboxylic acids is 1. The molecule has 0 N–H and O–H groups in total. The van der Waals surface area contributed by atoms with Gasteiger partial charge in [-0.3, -0.25) is 0 Å². The van der Waals surface area contributed by atoms with Gasteiger partial charge in [0.2, 0.25) is 0 Å². The Morgan fingerprint density at radius 2 is 2.00 bits per heavy atom. The van der Waals surface area contributed by atoms with Crippen molar-refractivity contribution in [3.8, 4) is 0 Å². The number of carbonyl (C=O) groups is 1. The number of hydrogen-bond acceptors (Lipinski definition) is 4. The molecule has 120 valence electrons. The maximum atomic E-state index is 11.8. The van der Waals surface area contributed by atoms with E-state index in [1.54, 1.807) is 18.2 Å². The van der Waals surface area contributed by atoms with Crippen LogP contribution in [0.5, 0.6) is 0 Å². The Bertz CT molecular complexity index is 1010. The van der Waals surface area contributed by atoms with Gasteiger partial charge in [0.25, 0.3) is 0 Å². The number of allylic oxidation sites excluding steroid dienone is 3. The summed E-state index contributed by atoms with van der Waals surface area (Å²) in [5.74, 6) is -0.463. The fraction of sp³-hybridized carbons (Fsp3) is 0.100. The summed E-state index contributed by atoms with van der Waals surface area (Å²) in [5, 5.41) is 2.77. The Balaban J connectivity index is 2.02. The summed E-state index contributed by atoms with van der Waals surface area (Å²) < 4.78 is 10.5. The third-order valence-electron chi connectivity index (χ3n) is 3.62. The second-order valence-corrected chi connectivity index (χ2v) is 5.24. The molecule has 0 unspecified atom stereocenters. The van der Waals surface area contributed by atoms with Crippen molar-refractivity contribution in [1.82, 2.24) is 0 Å². The van der Waals surface area contributed by atoms with E-state index in [0.717, 1.165) is 16.2 Å². The van der Waals surface area contributed by atoms with Crippen molar-refractivity contribution >= 4 is 27.7 Å². The van der Waals surface area contributed by atoms with Crippen LogP contribution in [0.2, 0.25) is 0 Å². The lowest BCUT2D eigenvalue weighted by molar-refractivity contribution is -0.138. The number of ether oxygens (including phenoxy) is 1. The van der Waals surface area contributed by atoms with Gasteiger partial charge in [0.15, 0.2) is 0 Å². The predicted octanol–water partition coefficient (Wildman–Crippen LogP) is 4.12. The standard InChI is InChI=1S/C20H16O4/c1-2-3-4-9-18(21)23-13-15-12-19(22)24-17-11-10-14-7-5-6-8-16(14)20(15)17/h2-12H,13H2,1H3/b3-2+,9-4+. The summed E-state index contributed by atoms with van der Waals surface area (Å²) in [6.07, 6.45) is 6.49. The molecule has 3 rings (SSSR count). The molecule has 0 aliphatic rings. The first-order valence-corrected chi connectivity index (χ1v) is 7.59. The molecule has 0 aliphatic heterocycles. The summed E-state index contributed by atoms with van der Waals surface area (Å²) in [4.78, 5) is 23.5. The zero-order valence-corrected chi connectivity index (χ0v) is 13.2. The van der Waals surface area contributed by atoms with Crippen molar-refractivity contribution in [3.05, 3.63) is 82.8 Å². The summed E-state index contributed by atoms with van der Waals surface area (Å²) in [5.41, 5.74) is 0.649. The SMILES string of the molecule is C/C=C/C=C/C(=O)OCc1cc(=O)oc2ccc3ccccc3c12. The van der Waals surface area contributed by atoms with Crippen LogP contribution in [0.1, 0.15) is 12.5 Å². The molecule has 0 amide bonds. The van der Waals surface area contributed by atoms with Crippen LogP contribution in [0.15, 0.2) is 76.0 Å². The normalized spacial score (nSPS) is 11.7. The van der Waals surface area contributed by atoms with Crippen LogP contribution in [0.25, 0.3) is 21.7 Å². The molecule has 4 nitrogen and oxygen atoms in total. The van der Waals surface area contributed by atoms with E-state index in [4.69, 9.17) is 9.15 Å². The summed E-state index contributed by atoms with van der Waals surface area (Å²) in [6.45, 7) is 1.87. The minimum Gasteiger partial charge on any atom is -0.458 e. The summed E-state index contributed by atoms with van der Waals surface area (Å²) in [6, 6.07) is 12.8. The van der Waals surface area contributed by atoms with Crippen molar-refractivity contribution in [3.63, 3.8) is 0 Å². The second-order valence-electron chi connectivity index (χ2n) is 5.24. The molecular formula is C20H16O4. The first kappa shape index (κ1) is 15.7. The zero-order valence-electron chi connectivity index (χ0n) is 13.2. The van der Waals surface area contributed by atoms with Gasteiger partial charge in [-0.05, 0) is 23.8 Å². The maximum Gasteiger partial charge on any atom is 0.336 e. The highest BCUT2D eigenvalue weighted by molar-refractivity contribution is 6.07. The Kier molecular flexibility index (Phi) is 4.57. The monoisotopic (exact) mass is 320 g/mol. The van der Waals surface area contributed by atoms with Gasteiger partial charge in [0.1, 0.15) is 12.2 Å². The Labute approximate surface area is 138 Å². The third kappa shape index (κ3) is 3.27. The van der Waals surface area contributed by atoms with Crippen molar-refractivity contribution in [2.24, 2.45) is 0 Å². The number of fused-ring (bicyclic) bond motifs is 3. The van der Waals surface area contributed by atoms with Crippen LogP contribution in [0.4, 0.5) is 0 Å². The molecule has 1 heterocycles. The highest BCUT2D eigenvalue weighted by Crippen LogP contribution is 2.27. The topological polar surface area (TPSA) is 56.5 Å². The number of esters is 1. The number of benzene rings is 2. The van der Waals surface area contributed by atoms with E-state index in [9.17, 15) is 9.59 Å². The van der Waals surface area contributed by atoms with E-state index >= 15 is 0 Å². The fourth-order valence-corrected chi connectivity index (χ4v) is 2.58. The van der Waals surface area contributed by atoms with Crippen molar-refractivity contribution < 1.29 is 13.9 Å². The molecule has 2 aromatic carbocycles. The lowest BCUT2D eigenvalue weighted by Crippen LogP contribution is -2.06. The van der Waals surface area contributed by atoms with E-state index in [-0.39, 0.29) is 6.61 Å². The summed E-state index contributed by atoms with van der Waals surface area (Å²) >= 11 is 0. The molecule has 0 aliphatic carbocycles. The lowest BCUT2D eigenvalue weighted by Gasteiger charge is -2.08. The van der Waals surface area contributed by atoms with Crippen LogP contribution in [-0.4, -0.2) is 5.97 Å². The fourth-order valence-electron chi connectivity index (χ4n) is 2.58. The third-order valence-corrected chi connectivity index (χ3v) is 3.62. The van der Waals surface area contributed by atoms with Gasteiger partial charge in [0.05, 0.1) is 0 Å². The molecule has 0 saturated heterocycles. The largest absolute Gasteiger partial charge is 0.458 e. The zero-order chi connectivity index (χ0) is 16.9. The molecule has 0 radical (unpaired) electrons. The molecule has 0 bridgehead atoms. The highest BCUT2D eigenvalue weighted by Gasteiger charge is 2.10. The molecule has 4 heteroatoms. The van der Waals surface area contributed by atoms with Crippen LogP contribution in [0, 0.1) is 0 Å². The molecule has 24 heavy (non-hydrogen) atoms. The Morgan fingerprint density at radius 3 is 2.83 bits per heavy atom. The van der Waals surface area contributed by atoms with Gasteiger partial charge in [-0.1, -0.05) is 48.6 Å². The van der Waals surface area contributed by atoms with Crippen LogP contribution in [-0.2, 0) is 16.1 Å². The van der Waals surface area contributed by atoms with Crippen LogP contribution < -0.4 is 5.63 Å². The lowest BCUT2D eigenvalue weighted by atomic mass is 10.0. The van der Waals surface area contributed by atoms with Crippen molar-refractivity contribution in [1.29, 1.82) is 0 Å². The first-order chi connectivity index (χ1) is 11.7. The Hall–Kier alpha value is -3.14. The Morgan fingerprint density at radius 1 is 1.17 bits per heavy atom. The molecule has 0 spiro atoms. The smallest absolute Gasteiger partial charge is 0.336 e. The van der Waals surface area contributed by atoms with E-state index in [1.807, 2.05) is 43.3 Å². The minimum absolute atomic E-state index is 0.00905. The van der Waals surface area contributed by atoms with Crippen molar-refractivity contribution in [2.45, 2.75) is 13.5 Å². The first-order valence-electron chi connectivity index (χ1n) is 7.59. The number of hydrogen-bond donors (Lipinski definition) is 0. The highest BCUT2D eigenvalue weighted by atomic mass is 16.5. The van der Waals surface area contributed by atoms with E-state index < -0.39 is 11.6 Å². The van der Waals surface area contributed by atoms with E-state index in [1.165, 1.54) is 12.1 Å². The van der Waals surface area contributed by atoms with Gasteiger partial charge >= 0.3 is 11.6 Å². The molecule has 1 aromatic heterocycles. The average molecular weight is 320 g/mol. The second kappa shape index (κ2) is 6.96. The molecule has 0 fully saturated rings. The van der Waals surface area contributed by atoms with E-state index in [2.05, 4.69) is 0 Å². The van der Waals surface area contributed by atoms with E-state index in [0.29, 0.717) is 11.1 Å². The van der Waals surface area contributed by atoms with Gasteiger partial charge in [0, 0.05) is 23.1 Å². The predicted molar refractivity (Wildman–Crippen MR) is 93.7 cm³/mol. The minimum atomic E-state index is -0.465. The molecule has 0 saturated carbocycles. The van der Waals surface area contributed by atoms with Gasteiger partial charge in [-0.25, -0.2) is 9.59 Å². The molecule has 3 aromatic rings. The van der Waals surface area contributed by atoms with Gasteiger partial charge in [-0.15, -0.1) is 0 Å². The average Bonchev–Trinajstić information content (AvgIpc) is 2.59. The quantitative estimate of drug-likeness (QED) is 0.238.